The maximum absolute atomic E-state index is 11.6. The van der Waals surface area contributed by atoms with Gasteiger partial charge in [0.2, 0.25) is 0 Å². The predicted octanol–water partition coefficient (Wildman–Crippen LogP) is 5.43. The summed E-state index contributed by atoms with van der Waals surface area (Å²) >= 11 is 0. The minimum Gasteiger partial charge on any atom is -0.466 e. The first kappa shape index (κ1) is 22.9. The van der Waals surface area contributed by atoms with E-state index < -0.39 is 0 Å². The standard InChI is InChI=1S/C20H38O4/c1-4-5-6-7-8-9-10-13-16-23-19(21)14-11-12-15-20(22)24-17-18(2)3/h18H,4-17H2,1-3H3. The zero-order valence-electron chi connectivity index (χ0n) is 16.1. The van der Waals surface area contributed by atoms with Crippen molar-refractivity contribution in [1.29, 1.82) is 0 Å². The summed E-state index contributed by atoms with van der Waals surface area (Å²) < 4.78 is 10.3. The number of hydrogen-bond donors (Lipinski definition) is 0. The summed E-state index contributed by atoms with van der Waals surface area (Å²) in [6.07, 6.45) is 12.1. The molecule has 4 nitrogen and oxygen atoms in total. The third kappa shape index (κ3) is 17.3. The fourth-order valence-electron chi connectivity index (χ4n) is 2.36. The number of rotatable bonds is 16. The maximum atomic E-state index is 11.6. The first-order chi connectivity index (χ1) is 11.6. The number of esters is 2. The molecule has 0 N–H and O–H groups in total. The zero-order chi connectivity index (χ0) is 18.0. The molecule has 0 fully saturated rings. The molecule has 0 saturated heterocycles. The second kappa shape index (κ2) is 16.8. The van der Waals surface area contributed by atoms with Gasteiger partial charge in [-0.2, -0.15) is 0 Å². The van der Waals surface area contributed by atoms with Crippen molar-refractivity contribution in [2.45, 2.75) is 97.8 Å². The summed E-state index contributed by atoms with van der Waals surface area (Å²) in [5, 5.41) is 0. The minimum atomic E-state index is -0.170. The van der Waals surface area contributed by atoms with Crippen LogP contribution in [0, 0.1) is 5.92 Å². The number of ether oxygens (including phenoxy) is 2. The number of carbonyl (C=O) groups excluding carboxylic acids is 2. The van der Waals surface area contributed by atoms with Crippen molar-refractivity contribution in [3.8, 4) is 0 Å². The molecule has 0 atom stereocenters. The van der Waals surface area contributed by atoms with E-state index in [9.17, 15) is 9.59 Å². The van der Waals surface area contributed by atoms with Gasteiger partial charge in [-0.25, -0.2) is 0 Å². The summed E-state index contributed by atoms with van der Waals surface area (Å²) in [6.45, 7) is 7.25. The zero-order valence-corrected chi connectivity index (χ0v) is 16.1. The van der Waals surface area contributed by atoms with Crippen molar-refractivity contribution in [2.24, 2.45) is 5.92 Å². The smallest absolute Gasteiger partial charge is 0.305 e. The van der Waals surface area contributed by atoms with E-state index in [-0.39, 0.29) is 11.9 Å². The average molecular weight is 343 g/mol. The Balaban J connectivity index is 3.31. The molecule has 0 saturated carbocycles. The van der Waals surface area contributed by atoms with Gasteiger partial charge in [0.25, 0.3) is 0 Å². The van der Waals surface area contributed by atoms with Crippen molar-refractivity contribution in [2.75, 3.05) is 13.2 Å². The van der Waals surface area contributed by atoms with Crippen LogP contribution in [-0.2, 0) is 19.1 Å². The highest BCUT2D eigenvalue weighted by molar-refractivity contribution is 5.70. The Morgan fingerprint density at radius 3 is 1.75 bits per heavy atom. The Morgan fingerprint density at radius 2 is 1.21 bits per heavy atom. The van der Waals surface area contributed by atoms with E-state index >= 15 is 0 Å². The summed E-state index contributed by atoms with van der Waals surface area (Å²) in [5.41, 5.74) is 0. The van der Waals surface area contributed by atoms with Crippen molar-refractivity contribution in [3.63, 3.8) is 0 Å². The third-order valence-corrected chi connectivity index (χ3v) is 3.85. The van der Waals surface area contributed by atoms with Gasteiger partial charge in [0.05, 0.1) is 13.2 Å². The summed E-state index contributed by atoms with van der Waals surface area (Å²) in [6, 6.07) is 0. The maximum Gasteiger partial charge on any atom is 0.305 e. The van der Waals surface area contributed by atoms with Gasteiger partial charge < -0.3 is 9.47 Å². The van der Waals surface area contributed by atoms with Gasteiger partial charge in [-0.05, 0) is 25.2 Å². The fraction of sp³-hybridized carbons (Fsp3) is 0.900. The largest absolute Gasteiger partial charge is 0.466 e. The lowest BCUT2D eigenvalue weighted by Gasteiger charge is -2.07. The Kier molecular flexibility index (Phi) is 16.0. The van der Waals surface area contributed by atoms with Gasteiger partial charge in [-0.1, -0.05) is 65.7 Å². The highest BCUT2D eigenvalue weighted by Gasteiger charge is 2.06. The van der Waals surface area contributed by atoms with Crippen LogP contribution in [0.2, 0.25) is 0 Å². The molecule has 0 bridgehead atoms. The van der Waals surface area contributed by atoms with Crippen LogP contribution in [0.15, 0.2) is 0 Å². The molecule has 0 aromatic heterocycles. The lowest BCUT2D eigenvalue weighted by Crippen LogP contribution is -2.10. The fourth-order valence-corrected chi connectivity index (χ4v) is 2.36. The Hall–Kier alpha value is -1.06. The van der Waals surface area contributed by atoms with E-state index in [1.165, 1.54) is 38.5 Å². The molecule has 0 aliphatic carbocycles. The number of unbranched alkanes of at least 4 members (excludes halogenated alkanes) is 8. The van der Waals surface area contributed by atoms with E-state index in [0.29, 0.717) is 44.8 Å². The molecule has 0 aliphatic rings. The van der Waals surface area contributed by atoms with Gasteiger partial charge in [0, 0.05) is 12.8 Å². The first-order valence-electron chi connectivity index (χ1n) is 9.87. The Bertz CT molecular complexity index is 313. The molecule has 142 valence electrons. The van der Waals surface area contributed by atoms with E-state index in [2.05, 4.69) is 6.92 Å². The molecule has 24 heavy (non-hydrogen) atoms. The minimum absolute atomic E-state index is 0.145. The molecule has 0 heterocycles. The molecule has 0 aromatic carbocycles. The predicted molar refractivity (Wildman–Crippen MR) is 97.8 cm³/mol. The molecule has 0 rings (SSSR count). The van der Waals surface area contributed by atoms with Crippen molar-refractivity contribution < 1.29 is 19.1 Å². The van der Waals surface area contributed by atoms with Crippen molar-refractivity contribution in [3.05, 3.63) is 0 Å². The summed E-state index contributed by atoms with van der Waals surface area (Å²) in [7, 11) is 0. The Morgan fingerprint density at radius 1 is 0.708 bits per heavy atom. The van der Waals surface area contributed by atoms with Gasteiger partial charge in [0.1, 0.15) is 0 Å². The molecule has 0 aliphatic heterocycles. The lowest BCUT2D eigenvalue weighted by atomic mass is 10.1. The van der Waals surface area contributed by atoms with Crippen LogP contribution < -0.4 is 0 Å². The molecular weight excluding hydrogens is 304 g/mol. The van der Waals surface area contributed by atoms with Crippen LogP contribution in [0.4, 0.5) is 0 Å². The van der Waals surface area contributed by atoms with Crippen LogP contribution in [0.5, 0.6) is 0 Å². The molecule has 0 aromatic rings. The number of carbonyl (C=O) groups is 2. The molecule has 0 unspecified atom stereocenters. The van der Waals surface area contributed by atoms with Gasteiger partial charge in [-0.3, -0.25) is 9.59 Å². The van der Waals surface area contributed by atoms with Crippen LogP contribution in [0.1, 0.15) is 97.8 Å². The van der Waals surface area contributed by atoms with E-state index in [0.717, 1.165) is 12.8 Å². The second-order valence-electron chi connectivity index (χ2n) is 6.98. The van der Waals surface area contributed by atoms with E-state index in [4.69, 9.17) is 9.47 Å². The Labute approximate surface area is 148 Å². The van der Waals surface area contributed by atoms with Crippen LogP contribution in [0.25, 0.3) is 0 Å². The van der Waals surface area contributed by atoms with Crippen molar-refractivity contribution in [1.82, 2.24) is 0 Å². The summed E-state index contributed by atoms with van der Waals surface area (Å²) in [4.78, 5) is 23.0. The second-order valence-corrected chi connectivity index (χ2v) is 6.98. The molecule has 4 heteroatoms. The van der Waals surface area contributed by atoms with Crippen LogP contribution in [0.3, 0.4) is 0 Å². The highest BCUT2D eigenvalue weighted by atomic mass is 16.5. The third-order valence-electron chi connectivity index (χ3n) is 3.85. The quantitative estimate of drug-likeness (QED) is 0.277. The normalized spacial score (nSPS) is 10.8. The molecule has 0 amide bonds. The first-order valence-corrected chi connectivity index (χ1v) is 9.87. The average Bonchev–Trinajstić information content (AvgIpc) is 2.55. The number of hydrogen-bond acceptors (Lipinski definition) is 4. The molecule has 0 radical (unpaired) electrons. The summed E-state index contributed by atoms with van der Waals surface area (Å²) in [5.74, 6) is 0.0461. The lowest BCUT2D eigenvalue weighted by molar-refractivity contribution is -0.146. The highest BCUT2D eigenvalue weighted by Crippen LogP contribution is 2.09. The van der Waals surface area contributed by atoms with Crippen LogP contribution in [-0.4, -0.2) is 25.2 Å². The molecular formula is C20H38O4. The van der Waals surface area contributed by atoms with E-state index in [1.807, 2.05) is 13.8 Å². The molecule has 0 spiro atoms. The monoisotopic (exact) mass is 342 g/mol. The van der Waals surface area contributed by atoms with E-state index in [1.54, 1.807) is 0 Å². The topological polar surface area (TPSA) is 52.6 Å². The van der Waals surface area contributed by atoms with Gasteiger partial charge >= 0.3 is 11.9 Å². The van der Waals surface area contributed by atoms with Gasteiger partial charge in [0.15, 0.2) is 0 Å². The van der Waals surface area contributed by atoms with Gasteiger partial charge in [-0.15, -0.1) is 0 Å². The van der Waals surface area contributed by atoms with Crippen molar-refractivity contribution >= 4 is 11.9 Å². The van der Waals surface area contributed by atoms with Crippen LogP contribution >= 0.6 is 0 Å². The SMILES string of the molecule is CCCCCCCCCCOC(=O)CCCCC(=O)OCC(C)C.